The summed E-state index contributed by atoms with van der Waals surface area (Å²) >= 11 is 0. The lowest BCUT2D eigenvalue weighted by Gasteiger charge is -2.15. The van der Waals surface area contributed by atoms with Crippen LogP contribution in [-0.2, 0) is 9.59 Å². The van der Waals surface area contributed by atoms with Crippen molar-refractivity contribution in [3.8, 4) is 6.07 Å². The molecule has 0 saturated heterocycles. The molecule has 0 bridgehead atoms. The summed E-state index contributed by atoms with van der Waals surface area (Å²) in [5.41, 5.74) is 1.25. The van der Waals surface area contributed by atoms with Crippen LogP contribution in [0.25, 0.3) is 0 Å². The molecule has 0 heterocycles. The Hall–Kier alpha value is -2.81. The summed E-state index contributed by atoms with van der Waals surface area (Å²) in [6, 6.07) is 8.59. The predicted octanol–water partition coefficient (Wildman–Crippen LogP) is 2.33. The number of anilines is 2. The highest BCUT2D eigenvalue weighted by molar-refractivity contribution is 6.06. The molecule has 1 aromatic rings. The van der Waals surface area contributed by atoms with E-state index in [4.69, 9.17) is 5.26 Å². The Balaban J connectivity index is 2.78. The molecule has 0 fully saturated rings. The van der Waals surface area contributed by atoms with Gasteiger partial charge in [-0.2, -0.15) is 5.26 Å². The number of amides is 2. The fourth-order valence-electron chi connectivity index (χ4n) is 1.77. The van der Waals surface area contributed by atoms with Crippen LogP contribution in [0, 0.1) is 11.3 Å². The van der Waals surface area contributed by atoms with Crippen molar-refractivity contribution >= 4 is 23.2 Å². The van der Waals surface area contributed by atoms with E-state index in [-0.39, 0.29) is 11.5 Å². The quantitative estimate of drug-likeness (QED) is 0.623. The first kappa shape index (κ1) is 17.2. The van der Waals surface area contributed by atoms with Gasteiger partial charge < -0.3 is 15.5 Å². The van der Waals surface area contributed by atoms with Gasteiger partial charge in [0.05, 0.1) is 0 Å². The fourth-order valence-corrected chi connectivity index (χ4v) is 1.77. The Morgan fingerprint density at radius 3 is 2.05 bits per heavy atom. The average molecular weight is 300 g/mol. The molecule has 0 spiro atoms. The maximum Gasteiger partial charge on any atom is 0.267 e. The second kappa shape index (κ2) is 8.47. The van der Waals surface area contributed by atoms with Crippen molar-refractivity contribution in [3.63, 3.8) is 0 Å². The second-order valence-electron chi connectivity index (χ2n) is 4.59. The highest BCUT2D eigenvalue weighted by atomic mass is 16.2. The van der Waals surface area contributed by atoms with Crippen LogP contribution < -0.4 is 10.6 Å². The smallest absolute Gasteiger partial charge is 0.267 e. The second-order valence-corrected chi connectivity index (χ2v) is 4.59. The Morgan fingerprint density at radius 2 is 1.64 bits per heavy atom. The molecule has 2 amide bonds. The van der Waals surface area contributed by atoms with Gasteiger partial charge in [-0.3, -0.25) is 9.59 Å². The molecule has 0 saturated carbocycles. The lowest BCUT2D eigenvalue weighted by molar-refractivity contribution is -0.114. The van der Waals surface area contributed by atoms with E-state index in [1.54, 1.807) is 30.5 Å². The van der Waals surface area contributed by atoms with E-state index in [2.05, 4.69) is 10.6 Å². The molecule has 0 aliphatic carbocycles. The Bertz CT molecular complexity index is 596. The van der Waals surface area contributed by atoms with Gasteiger partial charge in [0.2, 0.25) is 5.91 Å². The third-order valence-corrected chi connectivity index (χ3v) is 2.95. The number of benzene rings is 1. The van der Waals surface area contributed by atoms with Crippen LogP contribution in [-0.4, -0.2) is 29.8 Å². The number of carbonyl (C=O) groups excluding carboxylic acids is 2. The minimum atomic E-state index is -0.457. The zero-order valence-electron chi connectivity index (χ0n) is 13.0. The summed E-state index contributed by atoms with van der Waals surface area (Å²) in [5, 5.41) is 14.4. The van der Waals surface area contributed by atoms with Crippen molar-refractivity contribution in [3.05, 3.63) is 36.0 Å². The summed E-state index contributed by atoms with van der Waals surface area (Å²) in [4.78, 5) is 24.9. The Labute approximate surface area is 130 Å². The van der Waals surface area contributed by atoms with Crippen molar-refractivity contribution < 1.29 is 9.59 Å². The number of nitrogens with zero attached hydrogens (tertiary/aromatic N) is 2. The van der Waals surface area contributed by atoms with E-state index < -0.39 is 5.91 Å². The lowest BCUT2D eigenvalue weighted by atomic mass is 10.2. The van der Waals surface area contributed by atoms with Crippen molar-refractivity contribution in [1.29, 1.82) is 5.26 Å². The maximum absolute atomic E-state index is 12.1. The van der Waals surface area contributed by atoms with E-state index in [9.17, 15) is 9.59 Å². The van der Waals surface area contributed by atoms with Crippen LogP contribution in [0.4, 0.5) is 11.4 Å². The molecule has 0 radical (unpaired) electrons. The molecular weight excluding hydrogens is 280 g/mol. The minimum Gasteiger partial charge on any atom is -0.377 e. The average Bonchev–Trinajstić information content (AvgIpc) is 2.50. The number of carbonyl (C=O) groups is 2. The standard InChI is InChI=1S/C16H20N4O2/c1-4-20(5-2)11-13(10-17)16(22)19-15-8-6-14(7-9-15)18-12(3)21/h6-9,11H,4-5H2,1-3H3,(H,18,21)(H,19,22)/b13-11-. The zero-order valence-corrected chi connectivity index (χ0v) is 13.0. The van der Waals surface area contributed by atoms with Crippen molar-refractivity contribution in [1.82, 2.24) is 4.90 Å². The Morgan fingerprint density at radius 1 is 1.14 bits per heavy atom. The van der Waals surface area contributed by atoms with Crippen molar-refractivity contribution in [2.75, 3.05) is 23.7 Å². The van der Waals surface area contributed by atoms with Crippen LogP contribution in [0.15, 0.2) is 36.0 Å². The van der Waals surface area contributed by atoms with Gasteiger partial charge in [-0.1, -0.05) is 0 Å². The number of nitriles is 1. The largest absolute Gasteiger partial charge is 0.377 e. The van der Waals surface area contributed by atoms with Gasteiger partial charge in [0.15, 0.2) is 0 Å². The van der Waals surface area contributed by atoms with E-state index in [1.807, 2.05) is 24.8 Å². The van der Waals surface area contributed by atoms with Crippen LogP contribution in [0.3, 0.4) is 0 Å². The molecule has 0 unspecified atom stereocenters. The summed E-state index contributed by atoms with van der Waals surface area (Å²) in [7, 11) is 0. The first-order valence-electron chi connectivity index (χ1n) is 7.05. The molecule has 6 nitrogen and oxygen atoms in total. The van der Waals surface area contributed by atoms with Gasteiger partial charge in [-0.05, 0) is 38.1 Å². The van der Waals surface area contributed by atoms with Crippen LogP contribution in [0.2, 0.25) is 0 Å². The molecule has 6 heteroatoms. The maximum atomic E-state index is 12.1. The fraction of sp³-hybridized carbons (Fsp3) is 0.312. The number of nitrogens with one attached hydrogen (secondary N) is 2. The van der Waals surface area contributed by atoms with Gasteiger partial charge in [0.25, 0.3) is 5.91 Å². The molecule has 0 atom stereocenters. The van der Waals surface area contributed by atoms with Crippen LogP contribution in [0.5, 0.6) is 0 Å². The van der Waals surface area contributed by atoms with Gasteiger partial charge in [0.1, 0.15) is 11.6 Å². The third-order valence-electron chi connectivity index (χ3n) is 2.95. The number of hydrogen-bond donors (Lipinski definition) is 2. The molecule has 0 aliphatic heterocycles. The summed E-state index contributed by atoms with van der Waals surface area (Å²) in [5.74, 6) is -0.618. The molecule has 0 aliphatic rings. The first-order chi connectivity index (χ1) is 10.5. The number of hydrogen-bond acceptors (Lipinski definition) is 4. The van der Waals surface area contributed by atoms with E-state index in [1.165, 1.54) is 6.92 Å². The van der Waals surface area contributed by atoms with Gasteiger partial charge in [0, 0.05) is 37.6 Å². The van der Waals surface area contributed by atoms with Crippen LogP contribution >= 0.6 is 0 Å². The highest BCUT2D eigenvalue weighted by Crippen LogP contribution is 2.14. The highest BCUT2D eigenvalue weighted by Gasteiger charge is 2.10. The lowest BCUT2D eigenvalue weighted by Crippen LogP contribution is -2.20. The van der Waals surface area contributed by atoms with Gasteiger partial charge in [-0.15, -0.1) is 0 Å². The van der Waals surface area contributed by atoms with E-state index in [0.717, 1.165) is 13.1 Å². The van der Waals surface area contributed by atoms with Gasteiger partial charge >= 0.3 is 0 Å². The predicted molar refractivity (Wildman–Crippen MR) is 86.0 cm³/mol. The summed E-state index contributed by atoms with van der Waals surface area (Å²) in [6.45, 7) is 6.77. The zero-order chi connectivity index (χ0) is 16.5. The molecule has 116 valence electrons. The molecule has 0 aromatic heterocycles. The normalized spacial score (nSPS) is 10.5. The Kier molecular flexibility index (Phi) is 6.64. The summed E-state index contributed by atoms with van der Waals surface area (Å²) < 4.78 is 0. The first-order valence-corrected chi connectivity index (χ1v) is 7.05. The van der Waals surface area contributed by atoms with E-state index in [0.29, 0.717) is 11.4 Å². The topological polar surface area (TPSA) is 85.2 Å². The van der Waals surface area contributed by atoms with Crippen LogP contribution in [0.1, 0.15) is 20.8 Å². The van der Waals surface area contributed by atoms with E-state index >= 15 is 0 Å². The molecule has 1 aromatic carbocycles. The SMILES string of the molecule is CCN(/C=C(/C#N)C(=O)Nc1ccc(NC(C)=O)cc1)CC. The molecule has 1 rings (SSSR count). The third kappa shape index (κ3) is 5.29. The molecular formula is C16H20N4O2. The minimum absolute atomic E-state index is 0.0506. The summed E-state index contributed by atoms with van der Waals surface area (Å²) in [6.07, 6.45) is 1.56. The van der Waals surface area contributed by atoms with Crippen molar-refractivity contribution in [2.24, 2.45) is 0 Å². The molecule has 22 heavy (non-hydrogen) atoms. The molecule has 2 N–H and O–H groups in total. The number of rotatable bonds is 6. The van der Waals surface area contributed by atoms with Gasteiger partial charge in [-0.25, -0.2) is 0 Å². The monoisotopic (exact) mass is 300 g/mol. The van der Waals surface area contributed by atoms with Crippen molar-refractivity contribution in [2.45, 2.75) is 20.8 Å².